The maximum absolute atomic E-state index is 8.81. The highest BCUT2D eigenvalue weighted by atomic mass is 16.5. The largest absolute Gasteiger partial charge is 0.394 e. The van der Waals surface area contributed by atoms with Crippen LogP contribution >= 0.6 is 0 Å². The molecular weight excluding hydrogens is 402 g/mol. The fraction of sp³-hybridized carbons (Fsp3) is 0.926. The van der Waals surface area contributed by atoms with Crippen LogP contribution in [0, 0.1) is 0 Å². The molecular formula is C27H55NO4. The van der Waals surface area contributed by atoms with Gasteiger partial charge in [-0.25, -0.2) is 0 Å². The molecule has 0 saturated heterocycles. The number of nitrogens with zero attached hydrogens (tertiary/aromatic N) is 1. The van der Waals surface area contributed by atoms with Gasteiger partial charge in [-0.15, -0.1) is 0 Å². The molecule has 0 aliphatic rings. The van der Waals surface area contributed by atoms with E-state index >= 15 is 0 Å². The van der Waals surface area contributed by atoms with Crippen LogP contribution in [0.15, 0.2) is 12.2 Å². The second-order valence-electron chi connectivity index (χ2n) is 8.80. The number of hydrogen-bond acceptors (Lipinski definition) is 5. The first-order chi connectivity index (χ1) is 15.8. The van der Waals surface area contributed by atoms with Crippen molar-refractivity contribution in [1.29, 1.82) is 0 Å². The van der Waals surface area contributed by atoms with E-state index in [0.29, 0.717) is 26.4 Å². The van der Waals surface area contributed by atoms with Gasteiger partial charge in [0.1, 0.15) is 0 Å². The van der Waals surface area contributed by atoms with Gasteiger partial charge in [0.25, 0.3) is 0 Å². The number of unbranched alkanes of at least 4 members (excludes halogenated alkanes) is 13. The lowest BCUT2D eigenvalue weighted by molar-refractivity contribution is 0.0503. The van der Waals surface area contributed by atoms with E-state index in [1.807, 2.05) is 0 Å². The summed E-state index contributed by atoms with van der Waals surface area (Å²) in [6, 6.07) is 0. The Kier molecular flexibility index (Phi) is 28.2. The molecule has 0 fully saturated rings. The van der Waals surface area contributed by atoms with Crippen LogP contribution in [0.5, 0.6) is 0 Å². The molecule has 0 spiro atoms. The molecule has 5 nitrogen and oxygen atoms in total. The summed E-state index contributed by atoms with van der Waals surface area (Å²) in [5, 5.41) is 17.6. The zero-order valence-electron chi connectivity index (χ0n) is 21.3. The number of allylic oxidation sites excluding steroid dienone is 2. The predicted octanol–water partition coefficient (Wildman–Crippen LogP) is 5.73. The van der Waals surface area contributed by atoms with Gasteiger partial charge in [-0.3, -0.25) is 4.90 Å². The lowest BCUT2D eigenvalue weighted by Gasteiger charge is -2.22. The van der Waals surface area contributed by atoms with Crippen molar-refractivity contribution >= 4 is 0 Å². The molecule has 0 rings (SSSR count). The molecule has 0 aliphatic carbocycles. The molecule has 0 heterocycles. The average molecular weight is 458 g/mol. The molecule has 32 heavy (non-hydrogen) atoms. The molecule has 2 N–H and O–H groups in total. The lowest BCUT2D eigenvalue weighted by Crippen LogP contribution is -2.32. The van der Waals surface area contributed by atoms with Gasteiger partial charge >= 0.3 is 0 Å². The minimum absolute atomic E-state index is 0.0780. The smallest absolute Gasteiger partial charge is 0.0698 e. The van der Waals surface area contributed by atoms with Crippen LogP contribution < -0.4 is 0 Å². The first-order valence-electron chi connectivity index (χ1n) is 13.6. The molecule has 0 aromatic carbocycles. The maximum Gasteiger partial charge on any atom is 0.0698 e. The lowest BCUT2D eigenvalue weighted by atomic mass is 10.1. The summed E-state index contributed by atoms with van der Waals surface area (Å²) in [6.07, 6.45) is 24.9. The zero-order valence-corrected chi connectivity index (χ0v) is 21.3. The summed E-state index contributed by atoms with van der Waals surface area (Å²) in [5.74, 6) is 0. The van der Waals surface area contributed by atoms with Crippen LogP contribution in [0.1, 0.15) is 103 Å². The third kappa shape index (κ3) is 25.8. The summed E-state index contributed by atoms with van der Waals surface area (Å²) in [6.45, 7) is 7.34. The molecule has 0 aromatic rings. The quantitative estimate of drug-likeness (QED) is 0.122. The maximum atomic E-state index is 8.81. The Balaban J connectivity index is 3.52. The number of aliphatic hydroxyl groups is 2. The highest BCUT2D eigenvalue weighted by molar-refractivity contribution is 4.81. The summed E-state index contributed by atoms with van der Waals surface area (Å²) in [7, 11) is 0. The molecule has 0 atom stereocenters. The van der Waals surface area contributed by atoms with Gasteiger partial charge in [0.2, 0.25) is 0 Å². The summed E-state index contributed by atoms with van der Waals surface area (Å²) < 4.78 is 10.8. The minimum Gasteiger partial charge on any atom is -0.394 e. The van der Waals surface area contributed by atoms with Gasteiger partial charge in [-0.05, 0) is 38.6 Å². The van der Waals surface area contributed by atoms with Crippen molar-refractivity contribution in [3.63, 3.8) is 0 Å². The Labute approximate surface area is 199 Å². The molecule has 0 aliphatic heterocycles. The van der Waals surface area contributed by atoms with E-state index in [-0.39, 0.29) is 13.2 Å². The normalized spacial score (nSPS) is 11.9. The van der Waals surface area contributed by atoms with Crippen LogP contribution in [0.25, 0.3) is 0 Å². The van der Waals surface area contributed by atoms with E-state index in [2.05, 4.69) is 24.0 Å². The number of ether oxygens (including phenoxy) is 2. The number of aliphatic hydroxyl groups excluding tert-OH is 2. The number of rotatable bonds is 27. The van der Waals surface area contributed by atoms with Crippen molar-refractivity contribution in [2.24, 2.45) is 0 Å². The van der Waals surface area contributed by atoms with Crippen molar-refractivity contribution in [2.75, 3.05) is 59.3 Å². The zero-order chi connectivity index (χ0) is 23.4. The van der Waals surface area contributed by atoms with E-state index in [0.717, 1.165) is 19.6 Å². The Morgan fingerprint density at radius 3 is 1.44 bits per heavy atom. The Morgan fingerprint density at radius 2 is 0.969 bits per heavy atom. The first-order valence-corrected chi connectivity index (χ1v) is 13.6. The van der Waals surface area contributed by atoms with Crippen molar-refractivity contribution < 1.29 is 19.7 Å². The molecule has 0 bridgehead atoms. The van der Waals surface area contributed by atoms with Gasteiger partial charge in [-0.1, -0.05) is 83.3 Å². The summed E-state index contributed by atoms with van der Waals surface area (Å²) in [5.41, 5.74) is 0. The second-order valence-corrected chi connectivity index (χ2v) is 8.80. The molecule has 5 heteroatoms. The highest BCUT2D eigenvalue weighted by Crippen LogP contribution is 2.10. The third-order valence-electron chi connectivity index (χ3n) is 5.81. The topological polar surface area (TPSA) is 62.2 Å². The van der Waals surface area contributed by atoms with Gasteiger partial charge in [0.15, 0.2) is 0 Å². The fourth-order valence-corrected chi connectivity index (χ4v) is 3.82. The molecule has 0 radical (unpaired) electrons. The standard InChI is InChI=1S/C27H55NO4/c1-2-3-4-5-6-7-8-9-10-11-12-13-14-15-16-17-18-19-28(20-24-31-26-22-29)21-25-32-27-23-30/h10-11,29-30H,2-9,12-27H2,1H3. The van der Waals surface area contributed by atoms with Crippen LogP contribution in [-0.2, 0) is 9.47 Å². The SMILES string of the molecule is CCCCCCCCCC=CCCCCCCCCN(CCOCCO)CCOCCO. The third-order valence-corrected chi connectivity index (χ3v) is 5.81. The van der Waals surface area contributed by atoms with E-state index < -0.39 is 0 Å². The first kappa shape index (κ1) is 31.5. The molecule has 0 aromatic heterocycles. The van der Waals surface area contributed by atoms with E-state index in [1.54, 1.807) is 0 Å². The molecule has 192 valence electrons. The molecule has 0 saturated carbocycles. The minimum atomic E-state index is 0.0780. The summed E-state index contributed by atoms with van der Waals surface area (Å²) >= 11 is 0. The Morgan fingerprint density at radius 1 is 0.531 bits per heavy atom. The van der Waals surface area contributed by atoms with Crippen LogP contribution in [0.3, 0.4) is 0 Å². The van der Waals surface area contributed by atoms with Crippen molar-refractivity contribution in [1.82, 2.24) is 4.90 Å². The van der Waals surface area contributed by atoms with Crippen molar-refractivity contribution in [3.05, 3.63) is 12.2 Å². The Hall–Kier alpha value is -0.460. The van der Waals surface area contributed by atoms with Gasteiger partial charge in [0, 0.05) is 13.1 Å². The predicted molar refractivity (Wildman–Crippen MR) is 136 cm³/mol. The van der Waals surface area contributed by atoms with Crippen LogP contribution in [0.4, 0.5) is 0 Å². The van der Waals surface area contributed by atoms with E-state index in [4.69, 9.17) is 19.7 Å². The summed E-state index contributed by atoms with van der Waals surface area (Å²) in [4.78, 5) is 2.37. The fourth-order valence-electron chi connectivity index (χ4n) is 3.82. The van der Waals surface area contributed by atoms with Crippen molar-refractivity contribution in [3.8, 4) is 0 Å². The van der Waals surface area contributed by atoms with Crippen LogP contribution in [0.2, 0.25) is 0 Å². The van der Waals surface area contributed by atoms with Crippen LogP contribution in [-0.4, -0.2) is 74.4 Å². The monoisotopic (exact) mass is 457 g/mol. The van der Waals surface area contributed by atoms with Gasteiger partial charge < -0.3 is 19.7 Å². The number of hydrogen-bond donors (Lipinski definition) is 2. The van der Waals surface area contributed by atoms with E-state index in [9.17, 15) is 0 Å². The second kappa shape index (κ2) is 28.6. The highest BCUT2D eigenvalue weighted by Gasteiger charge is 2.05. The molecule has 0 unspecified atom stereocenters. The van der Waals surface area contributed by atoms with Crippen molar-refractivity contribution in [2.45, 2.75) is 103 Å². The average Bonchev–Trinajstić information content (AvgIpc) is 2.81. The Bertz CT molecular complexity index is 354. The van der Waals surface area contributed by atoms with E-state index in [1.165, 1.54) is 96.3 Å². The van der Waals surface area contributed by atoms with Gasteiger partial charge in [-0.2, -0.15) is 0 Å². The van der Waals surface area contributed by atoms with Gasteiger partial charge in [0.05, 0.1) is 39.6 Å². The molecule has 0 amide bonds.